The number of thiophene rings is 1. The summed E-state index contributed by atoms with van der Waals surface area (Å²) in [5.41, 5.74) is 7.11. The van der Waals surface area contributed by atoms with Gasteiger partial charge in [0.15, 0.2) is 0 Å². The number of nitrogen functional groups attached to an aromatic ring is 1. The molecule has 0 fully saturated rings. The highest BCUT2D eigenvalue weighted by atomic mass is 35.5. The van der Waals surface area contributed by atoms with Crippen molar-refractivity contribution in [3.8, 4) is 17.1 Å². The summed E-state index contributed by atoms with van der Waals surface area (Å²) in [7, 11) is 0. The molecule has 0 saturated carbocycles. The zero-order valence-electron chi connectivity index (χ0n) is 13.3. The minimum absolute atomic E-state index is 0.0960. The first-order valence-electron chi connectivity index (χ1n) is 7.61. The molecule has 0 spiro atoms. The molecular formula is C16H12ClFN6OS. The lowest BCUT2D eigenvalue weighted by molar-refractivity contribution is 0.422. The Morgan fingerprint density at radius 3 is 2.77 bits per heavy atom. The average molecular weight is 390 g/mol. The summed E-state index contributed by atoms with van der Waals surface area (Å²) in [6.45, 7) is -0.458. The molecule has 0 radical (unpaired) electrons. The third-order valence-electron chi connectivity index (χ3n) is 3.85. The molecule has 3 heterocycles. The SMILES string of the molecule is Nc1scc2c(-c3cn(CC[18F])nn3)nn(-c3ccc(Cl)cc3)c(=O)c12. The van der Waals surface area contributed by atoms with Gasteiger partial charge in [-0.05, 0) is 24.3 Å². The summed E-state index contributed by atoms with van der Waals surface area (Å²) < 4.78 is 15.2. The number of hydrogen-bond donors (Lipinski definition) is 1. The van der Waals surface area contributed by atoms with Crippen LogP contribution in [0.4, 0.5) is 9.39 Å². The van der Waals surface area contributed by atoms with Gasteiger partial charge in [-0.3, -0.25) is 4.79 Å². The molecule has 0 atom stereocenters. The van der Waals surface area contributed by atoms with E-state index in [4.69, 9.17) is 17.3 Å². The third kappa shape index (κ3) is 2.74. The van der Waals surface area contributed by atoms with Crippen LogP contribution in [-0.2, 0) is 6.54 Å². The second-order valence-electron chi connectivity index (χ2n) is 5.49. The average Bonchev–Trinajstić information content (AvgIpc) is 3.24. The number of hydrogen-bond acceptors (Lipinski definition) is 6. The normalized spacial score (nSPS) is 11.3. The predicted octanol–water partition coefficient (Wildman–Crippen LogP) is 2.91. The number of halogens is 2. The Morgan fingerprint density at radius 2 is 2.04 bits per heavy atom. The second kappa shape index (κ2) is 6.50. The van der Waals surface area contributed by atoms with Crippen LogP contribution < -0.4 is 11.3 Å². The van der Waals surface area contributed by atoms with E-state index in [1.165, 1.54) is 20.7 Å². The molecule has 0 saturated heterocycles. The first kappa shape index (κ1) is 16.7. The fourth-order valence-corrected chi connectivity index (χ4v) is 3.54. The molecule has 0 aliphatic heterocycles. The standard InChI is InChI=1S/C16H12ClFN6OS/c17-9-1-3-10(4-2-9)24-16(25)13-11(8-26-15(13)19)14(21-24)12-7-23(6-5-18)22-20-12/h1-4,7-8H,5-6,19H2/i18-1. The molecule has 4 aromatic rings. The number of benzene rings is 1. The minimum atomic E-state index is -0.554. The van der Waals surface area contributed by atoms with Crippen LogP contribution in [0.3, 0.4) is 0 Å². The number of anilines is 1. The van der Waals surface area contributed by atoms with Crippen molar-refractivity contribution >= 4 is 38.7 Å². The molecule has 7 nitrogen and oxygen atoms in total. The van der Waals surface area contributed by atoms with E-state index >= 15 is 0 Å². The zero-order valence-corrected chi connectivity index (χ0v) is 14.8. The molecular weight excluding hydrogens is 378 g/mol. The lowest BCUT2D eigenvalue weighted by atomic mass is 10.2. The maximum Gasteiger partial charge on any atom is 0.282 e. The fraction of sp³-hybridized carbons (Fsp3) is 0.125. The number of rotatable bonds is 4. The van der Waals surface area contributed by atoms with Gasteiger partial charge in [0.2, 0.25) is 0 Å². The Hall–Kier alpha value is -2.78. The van der Waals surface area contributed by atoms with Crippen LogP contribution in [-0.4, -0.2) is 31.4 Å². The number of alkyl halides is 1. The Labute approximate surface area is 155 Å². The quantitative estimate of drug-likeness (QED) is 0.579. The van der Waals surface area contributed by atoms with Crippen LogP contribution >= 0.6 is 22.9 Å². The number of aromatic nitrogens is 5. The van der Waals surface area contributed by atoms with Gasteiger partial charge in [0.25, 0.3) is 5.56 Å². The van der Waals surface area contributed by atoms with Gasteiger partial charge in [-0.15, -0.1) is 16.4 Å². The smallest absolute Gasteiger partial charge is 0.282 e. The molecule has 2 N–H and O–H groups in total. The van der Waals surface area contributed by atoms with Gasteiger partial charge in [-0.25, -0.2) is 9.07 Å². The molecule has 0 aliphatic rings. The molecule has 0 bridgehead atoms. The molecule has 0 aliphatic carbocycles. The summed E-state index contributed by atoms with van der Waals surface area (Å²) in [5, 5.41) is 16.1. The van der Waals surface area contributed by atoms with E-state index in [1.807, 2.05) is 0 Å². The molecule has 1 aromatic carbocycles. The first-order valence-corrected chi connectivity index (χ1v) is 8.86. The third-order valence-corrected chi connectivity index (χ3v) is 4.91. The molecule has 26 heavy (non-hydrogen) atoms. The first-order chi connectivity index (χ1) is 12.6. The van der Waals surface area contributed by atoms with Crippen molar-refractivity contribution in [3.63, 3.8) is 0 Å². The van der Waals surface area contributed by atoms with Crippen LogP contribution in [0.1, 0.15) is 0 Å². The molecule has 0 amide bonds. The minimum Gasteiger partial charge on any atom is -0.390 e. The summed E-state index contributed by atoms with van der Waals surface area (Å²) in [4.78, 5) is 12.9. The van der Waals surface area contributed by atoms with Gasteiger partial charge in [-0.1, -0.05) is 16.8 Å². The topological polar surface area (TPSA) is 91.6 Å². The molecule has 10 heteroatoms. The Morgan fingerprint density at radius 1 is 1.27 bits per heavy atom. The van der Waals surface area contributed by atoms with Crippen molar-refractivity contribution in [2.75, 3.05) is 12.4 Å². The van der Waals surface area contributed by atoms with Crippen LogP contribution in [0.25, 0.3) is 27.8 Å². The Kier molecular flexibility index (Phi) is 4.17. The monoisotopic (exact) mass is 389 g/mol. The highest BCUT2D eigenvalue weighted by Gasteiger charge is 2.19. The Balaban J connectivity index is 1.98. The zero-order chi connectivity index (χ0) is 18.3. The van der Waals surface area contributed by atoms with E-state index in [1.54, 1.807) is 35.8 Å². The predicted molar refractivity (Wildman–Crippen MR) is 99.6 cm³/mol. The van der Waals surface area contributed by atoms with Crippen LogP contribution in [0, 0.1) is 0 Å². The van der Waals surface area contributed by atoms with Gasteiger partial charge in [0, 0.05) is 15.8 Å². The highest BCUT2D eigenvalue weighted by molar-refractivity contribution is 7.15. The van der Waals surface area contributed by atoms with E-state index < -0.39 is 6.67 Å². The maximum absolute atomic E-state index is 12.9. The molecule has 0 unspecified atom stereocenters. The van der Waals surface area contributed by atoms with Crippen molar-refractivity contribution < 1.29 is 4.39 Å². The van der Waals surface area contributed by atoms with E-state index in [-0.39, 0.29) is 12.1 Å². The molecule has 132 valence electrons. The van der Waals surface area contributed by atoms with Crippen molar-refractivity contribution in [2.45, 2.75) is 6.54 Å². The van der Waals surface area contributed by atoms with E-state index in [2.05, 4.69) is 15.4 Å². The summed E-state index contributed by atoms with van der Waals surface area (Å²) in [5.74, 6) is 0. The maximum atomic E-state index is 12.9. The second-order valence-corrected chi connectivity index (χ2v) is 6.83. The van der Waals surface area contributed by atoms with Gasteiger partial charge < -0.3 is 5.73 Å². The number of fused-ring (bicyclic) bond motifs is 1. The summed E-state index contributed by atoms with van der Waals surface area (Å²) in [6.07, 6.45) is 1.59. The van der Waals surface area contributed by atoms with Crippen molar-refractivity contribution in [2.24, 2.45) is 0 Å². The largest absolute Gasteiger partial charge is 0.390 e. The number of nitrogens with zero attached hydrogens (tertiary/aromatic N) is 5. The van der Waals surface area contributed by atoms with Crippen molar-refractivity contribution in [1.29, 1.82) is 0 Å². The van der Waals surface area contributed by atoms with Gasteiger partial charge in [0.1, 0.15) is 18.1 Å². The summed E-state index contributed by atoms with van der Waals surface area (Å²) in [6, 6.07) is 6.72. The van der Waals surface area contributed by atoms with Crippen LogP contribution in [0.15, 0.2) is 40.6 Å². The summed E-state index contributed by atoms with van der Waals surface area (Å²) >= 11 is 7.18. The lowest BCUT2D eigenvalue weighted by Gasteiger charge is -2.08. The van der Waals surface area contributed by atoms with Crippen molar-refractivity contribution in [1.82, 2.24) is 24.8 Å². The van der Waals surface area contributed by atoms with E-state index in [0.29, 0.717) is 37.9 Å². The molecule has 4 rings (SSSR count). The van der Waals surface area contributed by atoms with E-state index in [9.17, 15) is 9.18 Å². The lowest BCUT2D eigenvalue weighted by Crippen LogP contribution is -2.22. The van der Waals surface area contributed by atoms with Crippen LogP contribution in [0.5, 0.6) is 0 Å². The molecule has 3 aromatic heterocycles. The van der Waals surface area contributed by atoms with Gasteiger partial charge in [0.05, 0.1) is 28.8 Å². The highest BCUT2D eigenvalue weighted by Crippen LogP contribution is 2.31. The van der Waals surface area contributed by atoms with Crippen molar-refractivity contribution in [3.05, 3.63) is 51.2 Å². The van der Waals surface area contributed by atoms with Gasteiger partial charge in [-0.2, -0.15) is 9.78 Å². The fourth-order valence-electron chi connectivity index (χ4n) is 2.62. The Bertz CT molecular complexity index is 1150. The van der Waals surface area contributed by atoms with Gasteiger partial charge >= 0.3 is 0 Å². The number of aryl methyl sites for hydroxylation is 1. The van der Waals surface area contributed by atoms with Crippen LogP contribution in [0.2, 0.25) is 5.02 Å². The van der Waals surface area contributed by atoms with E-state index in [0.717, 1.165) is 0 Å². The number of nitrogens with two attached hydrogens (primary N) is 1.